The highest BCUT2D eigenvalue weighted by molar-refractivity contribution is 6.30. The topological polar surface area (TPSA) is 65.9 Å². The molecule has 1 amide bonds. The number of fused-ring (bicyclic) bond motifs is 1. The van der Waals surface area contributed by atoms with Gasteiger partial charge in [0.1, 0.15) is 5.82 Å². The van der Waals surface area contributed by atoms with E-state index in [1.165, 1.54) is 18.1 Å². The number of aliphatic hydroxyl groups is 1. The van der Waals surface area contributed by atoms with Crippen LogP contribution in [0.2, 0.25) is 5.02 Å². The number of ether oxygens (including phenoxy) is 1. The van der Waals surface area contributed by atoms with Crippen molar-refractivity contribution in [3.8, 4) is 0 Å². The Morgan fingerprint density at radius 1 is 1.19 bits per heavy atom. The number of benzene rings is 2. The van der Waals surface area contributed by atoms with Gasteiger partial charge < -0.3 is 19.6 Å². The van der Waals surface area contributed by atoms with E-state index in [9.17, 15) is 9.90 Å². The molecule has 2 unspecified atom stereocenters. The van der Waals surface area contributed by atoms with E-state index in [1.54, 1.807) is 19.2 Å². The number of hydrogen-bond acceptors (Lipinski definition) is 5. The van der Waals surface area contributed by atoms with Crippen molar-refractivity contribution in [3.05, 3.63) is 99.6 Å². The van der Waals surface area contributed by atoms with E-state index in [1.807, 2.05) is 56.4 Å². The maximum absolute atomic E-state index is 15.1. The van der Waals surface area contributed by atoms with Gasteiger partial charge in [-0.15, -0.1) is 0 Å². The number of halogens is 2. The van der Waals surface area contributed by atoms with Gasteiger partial charge in [-0.1, -0.05) is 35.9 Å². The Morgan fingerprint density at radius 3 is 2.42 bits per heavy atom. The molecule has 2 atom stereocenters. The fourth-order valence-corrected chi connectivity index (χ4v) is 4.77. The SMILES string of the molecule is COC1c2c(F)cc(C(C)(O)C3CN(C)C3)cc2C(=O)N1Cc1ccc(C)cn1.Clc1ccccc1. The minimum absolute atomic E-state index is 0.00691. The number of carbonyl (C=O) groups is 1. The number of nitrogens with zero attached hydrogens (tertiary/aromatic N) is 3. The van der Waals surface area contributed by atoms with Gasteiger partial charge in [0.15, 0.2) is 6.23 Å². The summed E-state index contributed by atoms with van der Waals surface area (Å²) in [5.41, 5.74) is 1.39. The zero-order chi connectivity index (χ0) is 26.0. The molecule has 1 aromatic heterocycles. The highest BCUT2D eigenvalue weighted by Crippen LogP contribution is 2.41. The van der Waals surface area contributed by atoms with E-state index in [2.05, 4.69) is 9.88 Å². The predicted molar refractivity (Wildman–Crippen MR) is 137 cm³/mol. The van der Waals surface area contributed by atoms with Gasteiger partial charge >= 0.3 is 0 Å². The Bertz CT molecular complexity index is 1210. The summed E-state index contributed by atoms with van der Waals surface area (Å²) >= 11 is 5.54. The molecule has 0 bridgehead atoms. The minimum atomic E-state index is -1.21. The molecule has 36 heavy (non-hydrogen) atoms. The van der Waals surface area contributed by atoms with Gasteiger partial charge in [-0.2, -0.15) is 0 Å². The summed E-state index contributed by atoms with van der Waals surface area (Å²) in [4.78, 5) is 21.0. The molecule has 2 aromatic carbocycles. The van der Waals surface area contributed by atoms with Crippen molar-refractivity contribution in [2.45, 2.75) is 32.2 Å². The summed E-state index contributed by atoms with van der Waals surface area (Å²) in [6.45, 7) is 5.29. The highest BCUT2D eigenvalue weighted by Gasteiger charge is 2.44. The van der Waals surface area contributed by atoms with Crippen molar-refractivity contribution in [2.75, 3.05) is 27.2 Å². The normalized spacial score (nSPS) is 19.2. The van der Waals surface area contributed by atoms with Crippen molar-refractivity contribution in [1.29, 1.82) is 0 Å². The molecule has 6 nitrogen and oxygen atoms in total. The number of methoxy groups -OCH3 is 1. The Kier molecular flexibility index (Phi) is 7.76. The lowest BCUT2D eigenvalue weighted by Gasteiger charge is -2.45. The third-order valence-electron chi connectivity index (χ3n) is 6.86. The van der Waals surface area contributed by atoms with Gasteiger partial charge in [-0.3, -0.25) is 9.78 Å². The molecule has 2 aliphatic heterocycles. The summed E-state index contributed by atoms with van der Waals surface area (Å²) < 4.78 is 20.6. The van der Waals surface area contributed by atoms with Crippen LogP contribution in [0, 0.1) is 18.7 Å². The van der Waals surface area contributed by atoms with E-state index in [0.29, 0.717) is 11.3 Å². The fraction of sp³-hybridized carbons (Fsp3) is 0.357. The molecule has 3 aromatic rings. The lowest BCUT2D eigenvalue weighted by molar-refractivity contribution is -0.0713. The van der Waals surface area contributed by atoms with E-state index >= 15 is 4.39 Å². The van der Waals surface area contributed by atoms with E-state index < -0.39 is 17.6 Å². The molecule has 0 spiro atoms. The molecule has 0 aliphatic carbocycles. The second kappa shape index (κ2) is 10.6. The molecule has 1 saturated heterocycles. The first-order valence-corrected chi connectivity index (χ1v) is 12.2. The first-order valence-electron chi connectivity index (χ1n) is 11.8. The van der Waals surface area contributed by atoms with Crippen LogP contribution in [0.15, 0.2) is 60.8 Å². The van der Waals surface area contributed by atoms with Gasteiger partial charge in [-0.25, -0.2) is 4.39 Å². The maximum atomic E-state index is 15.1. The molecule has 8 heteroatoms. The third kappa shape index (κ3) is 5.30. The molecule has 2 aliphatic rings. The van der Waals surface area contributed by atoms with Crippen molar-refractivity contribution in [1.82, 2.24) is 14.8 Å². The minimum Gasteiger partial charge on any atom is -0.385 e. The molecule has 0 radical (unpaired) electrons. The molecule has 0 saturated carbocycles. The van der Waals surface area contributed by atoms with Gasteiger partial charge in [0.25, 0.3) is 5.91 Å². The van der Waals surface area contributed by atoms with Crippen LogP contribution in [0.5, 0.6) is 0 Å². The van der Waals surface area contributed by atoms with Crippen LogP contribution in [0.4, 0.5) is 4.39 Å². The second-order valence-corrected chi connectivity index (χ2v) is 10.1. The van der Waals surface area contributed by atoms with Crippen LogP contribution in [0.3, 0.4) is 0 Å². The number of pyridine rings is 1. The largest absolute Gasteiger partial charge is 0.385 e. The number of hydrogen-bond donors (Lipinski definition) is 1. The molecular formula is C28H31ClFN3O3. The lowest BCUT2D eigenvalue weighted by Crippen LogP contribution is -2.53. The number of amides is 1. The number of aromatic nitrogens is 1. The fourth-order valence-electron chi connectivity index (χ4n) is 4.63. The van der Waals surface area contributed by atoms with Crippen LogP contribution >= 0.6 is 11.6 Å². The molecular weight excluding hydrogens is 481 g/mol. The van der Waals surface area contributed by atoms with Gasteiger partial charge in [-0.05, 0) is 62.4 Å². The summed E-state index contributed by atoms with van der Waals surface area (Å²) in [7, 11) is 3.43. The standard InChI is InChI=1S/C22H26FN3O3.C6H5Cl/c1-13-5-6-16(24-9-13)12-26-20(27)17-7-14(8-18(23)19(17)21(26)29-4)22(2,28)15-10-25(3)11-15;7-6-4-2-1-3-5-6/h5-9,15,21,28H,10-12H2,1-4H3;1-5H. The van der Waals surface area contributed by atoms with Crippen LogP contribution in [-0.4, -0.2) is 53.0 Å². The monoisotopic (exact) mass is 511 g/mol. The predicted octanol–water partition coefficient (Wildman–Crippen LogP) is 4.94. The van der Waals surface area contributed by atoms with E-state index in [0.717, 1.165) is 23.7 Å². The van der Waals surface area contributed by atoms with Gasteiger partial charge in [0, 0.05) is 42.9 Å². The first-order chi connectivity index (χ1) is 17.1. The maximum Gasteiger partial charge on any atom is 0.257 e. The zero-order valence-electron chi connectivity index (χ0n) is 20.9. The van der Waals surface area contributed by atoms with E-state index in [4.69, 9.17) is 16.3 Å². The Labute approximate surface area is 216 Å². The summed E-state index contributed by atoms with van der Waals surface area (Å²) in [6, 6.07) is 16.2. The molecule has 190 valence electrons. The number of carbonyl (C=O) groups excluding carboxylic acids is 1. The number of likely N-dealkylation sites (tertiary alicyclic amines) is 1. The highest BCUT2D eigenvalue weighted by atomic mass is 35.5. The first kappa shape index (κ1) is 26.2. The average Bonchev–Trinajstić information content (AvgIpc) is 3.10. The second-order valence-electron chi connectivity index (χ2n) is 9.63. The molecule has 1 N–H and O–H groups in total. The van der Waals surface area contributed by atoms with Crippen molar-refractivity contribution in [3.63, 3.8) is 0 Å². The Hall–Kier alpha value is -2.84. The van der Waals surface area contributed by atoms with Crippen molar-refractivity contribution in [2.24, 2.45) is 5.92 Å². The van der Waals surface area contributed by atoms with Crippen LogP contribution < -0.4 is 0 Å². The smallest absolute Gasteiger partial charge is 0.257 e. The third-order valence-corrected chi connectivity index (χ3v) is 7.11. The van der Waals surface area contributed by atoms with Crippen molar-refractivity contribution < 1.29 is 19.0 Å². The molecule has 3 heterocycles. The van der Waals surface area contributed by atoms with Gasteiger partial charge in [0.2, 0.25) is 0 Å². The Balaban J connectivity index is 0.000000375. The molecule has 1 fully saturated rings. The summed E-state index contributed by atoms with van der Waals surface area (Å²) in [6.07, 6.45) is 0.908. The zero-order valence-corrected chi connectivity index (χ0v) is 21.7. The molecule has 5 rings (SSSR count). The lowest BCUT2D eigenvalue weighted by atomic mass is 9.77. The number of aryl methyl sites for hydroxylation is 1. The van der Waals surface area contributed by atoms with Gasteiger partial charge in [0.05, 0.1) is 23.4 Å². The van der Waals surface area contributed by atoms with Crippen molar-refractivity contribution >= 4 is 17.5 Å². The van der Waals surface area contributed by atoms with Crippen LogP contribution in [0.25, 0.3) is 0 Å². The summed E-state index contributed by atoms with van der Waals surface area (Å²) in [5, 5.41) is 11.8. The van der Waals surface area contributed by atoms with Crippen LogP contribution in [-0.2, 0) is 16.9 Å². The quantitative estimate of drug-likeness (QED) is 0.525. The number of rotatable bonds is 5. The summed E-state index contributed by atoms with van der Waals surface area (Å²) in [5.74, 6) is -0.867. The average molecular weight is 512 g/mol. The Morgan fingerprint density at radius 2 is 1.89 bits per heavy atom. The van der Waals surface area contributed by atoms with Crippen LogP contribution in [0.1, 0.15) is 45.9 Å². The van der Waals surface area contributed by atoms with E-state index in [-0.39, 0.29) is 29.5 Å².